The van der Waals surface area contributed by atoms with Crippen LogP contribution in [-0.4, -0.2) is 25.2 Å². The smallest absolute Gasteiger partial charge is 0.0122 e. The van der Waals surface area contributed by atoms with Gasteiger partial charge in [0.25, 0.3) is 0 Å². The van der Waals surface area contributed by atoms with E-state index in [1.54, 1.807) is 0 Å². The van der Waals surface area contributed by atoms with E-state index in [0.717, 1.165) is 5.92 Å². The molecular formula is C11H25ClN2. The topological polar surface area (TPSA) is 24.1 Å². The van der Waals surface area contributed by atoms with Crippen LogP contribution >= 0.6 is 12.4 Å². The van der Waals surface area contributed by atoms with Crippen LogP contribution in [-0.2, 0) is 0 Å². The van der Waals surface area contributed by atoms with Gasteiger partial charge in [0.2, 0.25) is 0 Å². The minimum atomic E-state index is 0. The predicted molar refractivity (Wildman–Crippen MR) is 65.2 cm³/mol. The summed E-state index contributed by atoms with van der Waals surface area (Å²) in [6, 6.07) is 0. The van der Waals surface area contributed by atoms with Crippen LogP contribution in [0.5, 0.6) is 0 Å². The number of hydrogen-bond donors (Lipinski definition) is 2. The molecule has 0 spiro atoms. The number of nitrogens with one attached hydrogen (secondary N) is 2. The molecule has 0 aromatic rings. The van der Waals surface area contributed by atoms with E-state index in [1.165, 1.54) is 38.9 Å². The molecule has 0 saturated carbocycles. The van der Waals surface area contributed by atoms with Crippen molar-refractivity contribution in [2.45, 2.75) is 45.6 Å². The fraction of sp³-hybridized carbons (Fsp3) is 1.00. The number of halogens is 1. The molecule has 1 fully saturated rings. The van der Waals surface area contributed by atoms with Crippen LogP contribution in [0.1, 0.15) is 40.0 Å². The molecule has 1 heterocycles. The van der Waals surface area contributed by atoms with Crippen molar-refractivity contribution < 1.29 is 0 Å². The minimum absolute atomic E-state index is 0. The van der Waals surface area contributed by atoms with Gasteiger partial charge in [-0.1, -0.05) is 6.92 Å². The molecule has 1 aliphatic heterocycles. The van der Waals surface area contributed by atoms with Gasteiger partial charge in [0, 0.05) is 5.54 Å². The van der Waals surface area contributed by atoms with E-state index in [-0.39, 0.29) is 12.4 Å². The van der Waals surface area contributed by atoms with Crippen LogP contribution in [0.3, 0.4) is 0 Å². The van der Waals surface area contributed by atoms with Crippen molar-refractivity contribution in [1.82, 2.24) is 10.6 Å². The van der Waals surface area contributed by atoms with Crippen LogP contribution in [0.15, 0.2) is 0 Å². The van der Waals surface area contributed by atoms with Gasteiger partial charge in [0.05, 0.1) is 0 Å². The van der Waals surface area contributed by atoms with E-state index in [1.807, 2.05) is 0 Å². The Morgan fingerprint density at radius 1 is 1.29 bits per heavy atom. The molecule has 2 N–H and O–H groups in total. The Hall–Kier alpha value is 0.210. The van der Waals surface area contributed by atoms with Crippen molar-refractivity contribution >= 4 is 12.4 Å². The van der Waals surface area contributed by atoms with Gasteiger partial charge in [-0.3, -0.25) is 0 Å². The minimum Gasteiger partial charge on any atom is -0.317 e. The summed E-state index contributed by atoms with van der Waals surface area (Å²) in [6.07, 6.45) is 3.89. The first-order valence-corrected chi connectivity index (χ1v) is 5.60. The first kappa shape index (κ1) is 14.2. The Morgan fingerprint density at radius 3 is 2.36 bits per heavy atom. The standard InChI is InChI=1S/C11H24N2.ClH/c1-4-11(2,3)13-9-10-5-7-12-8-6-10;/h10,12-13H,4-9H2,1-3H3;1H. The third-order valence-corrected chi connectivity index (χ3v) is 3.21. The third-order valence-electron chi connectivity index (χ3n) is 3.21. The molecule has 86 valence electrons. The molecule has 0 aromatic carbocycles. The molecule has 1 saturated heterocycles. The van der Waals surface area contributed by atoms with Gasteiger partial charge in [0.1, 0.15) is 0 Å². The average molecular weight is 221 g/mol. The van der Waals surface area contributed by atoms with Crippen molar-refractivity contribution in [2.75, 3.05) is 19.6 Å². The summed E-state index contributed by atoms with van der Waals surface area (Å²) in [6.45, 7) is 10.4. The normalized spacial score (nSPS) is 19.1. The molecule has 0 aromatic heterocycles. The van der Waals surface area contributed by atoms with Gasteiger partial charge in [-0.2, -0.15) is 0 Å². The maximum atomic E-state index is 3.65. The zero-order chi connectivity index (χ0) is 9.73. The fourth-order valence-corrected chi connectivity index (χ4v) is 1.63. The Labute approximate surface area is 94.6 Å². The van der Waals surface area contributed by atoms with Crippen LogP contribution in [0.2, 0.25) is 0 Å². The molecule has 0 bridgehead atoms. The SMILES string of the molecule is CCC(C)(C)NCC1CCNCC1.Cl. The van der Waals surface area contributed by atoms with E-state index in [4.69, 9.17) is 0 Å². The van der Waals surface area contributed by atoms with Gasteiger partial charge in [-0.15, -0.1) is 12.4 Å². The highest BCUT2D eigenvalue weighted by Crippen LogP contribution is 2.13. The summed E-state index contributed by atoms with van der Waals surface area (Å²) < 4.78 is 0. The van der Waals surface area contributed by atoms with Gasteiger partial charge >= 0.3 is 0 Å². The van der Waals surface area contributed by atoms with Crippen LogP contribution in [0.25, 0.3) is 0 Å². The lowest BCUT2D eigenvalue weighted by Gasteiger charge is -2.29. The molecule has 0 atom stereocenters. The Kier molecular flexibility index (Phi) is 6.75. The zero-order valence-corrected chi connectivity index (χ0v) is 10.5. The summed E-state index contributed by atoms with van der Waals surface area (Å²) in [5.41, 5.74) is 0.324. The number of hydrogen-bond acceptors (Lipinski definition) is 2. The van der Waals surface area contributed by atoms with Crippen molar-refractivity contribution in [3.05, 3.63) is 0 Å². The lowest BCUT2D eigenvalue weighted by molar-refractivity contribution is 0.297. The van der Waals surface area contributed by atoms with Gasteiger partial charge in [0.15, 0.2) is 0 Å². The number of rotatable bonds is 4. The maximum absolute atomic E-state index is 3.65. The highest BCUT2D eigenvalue weighted by Gasteiger charge is 2.18. The van der Waals surface area contributed by atoms with Crippen LogP contribution < -0.4 is 10.6 Å². The highest BCUT2D eigenvalue weighted by atomic mass is 35.5. The summed E-state index contributed by atoms with van der Waals surface area (Å²) in [7, 11) is 0. The van der Waals surface area contributed by atoms with Crippen molar-refractivity contribution in [1.29, 1.82) is 0 Å². The van der Waals surface area contributed by atoms with Crippen LogP contribution in [0.4, 0.5) is 0 Å². The second-order valence-electron chi connectivity index (χ2n) is 4.81. The van der Waals surface area contributed by atoms with Gasteiger partial charge in [-0.05, 0) is 58.7 Å². The summed E-state index contributed by atoms with van der Waals surface area (Å²) >= 11 is 0. The molecule has 2 nitrogen and oxygen atoms in total. The Bertz CT molecular complexity index is 142. The van der Waals surface area contributed by atoms with Crippen molar-refractivity contribution in [2.24, 2.45) is 5.92 Å². The van der Waals surface area contributed by atoms with E-state index in [0.29, 0.717) is 5.54 Å². The van der Waals surface area contributed by atoms with Gasteiger partial charge < -0.3 is 10.6 Å². The molecule has 0 aliphatic carbocycles. The number of piperidine rings is 1. The first-order valence-electron chi connectivity index (χ1n) is 5.60. The van der Waals surface area contributed by atoms with Crippen molar-refractivity contribution in [3.63, 3.8) is 0 Å². The van der Waals surface area contributed by atoms with Crippen LogP contribution in [0, 0.1) is 5.92 Å². The lowest BCUT2D eigenvalue weighted by Crippen LogP contribution is -2.43. The molecule has 3 heteroatoms. The summed E-state index contributed by atoms with van der Waals surface area (Å²) in [5, 5.41) is 7.05. The zero-order valence-electron chi connectivity index (χ0n) is 9.73. The van der Waals surface area contributed by atoms with E-state index >= 15 is 0 Å². The molecule has 1 aliphatic rings. The monoisotopic (exact) mass is 220 g/mol. The molecule has 0 amide bonds. The molecule has 0 radical (unpaired) electrons. The second kappa shape index (κ2) is 6.65. The lowest BCUT2D eigenvalue weighted by atomic mass is 9.95. The largest absolute Gasteiger partial charge is 0.317 e. The quantitative estimate of drug-likeness (QED) is 0.759. The highest BCUT2D eigenvalue weighted by molar-refractivity contribution is 5.85. The Morgan fingerprint density at radius 2 is 1.86 bits per heavy atom. The van der Waals surface area contributed by atoms with Crippen molar-refractivity contribution in [3.8, 4) is 0 Å². The summed E-state index contributed by atoms with van der Waals surface area (Å²) in [4.78, 5) is 0. The van der Waals surface area contributed by atoms with Gasteiger partial charge in [-0.25, -0.2) is 0 Å². The molecule has 14 heavy (non-hydrogen) atoms. The maximum Gasteiger partial charge on any atom is 0.0122 e. The molecule has 0 unspecified atom stereocenters. The Balaban J connectivity index is 0.00000169. The fourth-order valence-electron chi connectivity index (χ4n) is 1.63. The van der Waals surface area contributed by atoms with E-state index < -0.39 is 0 Å². The van der Waals surface area contributed by atoms with E-state index in [2.05, 4.69) is 31.4 Å². The average Bonchev–Trinajstić information content (AvgIpc) is 2.17. The second-order valence-corrected chi connectivity index (χ2v) is 4.81. The summed E-state index contributed by atoms with van der Waals surface area (Å²) in [5.74, 6) is 0.895. The predicted octanol–water partition coefficient (Wildman–Crippen LogP) is 2.19. The molecular weight excluding hydrogens is 196 g/mol. The molecule has 1 rings (SSSR count). The third kappa shape index (κ3) is 5.18. The first-order chi connectivity index (χ1) is 6.14. The van der Waals surface area contributed by atoms with E-state index in [9.17, 15) is 0 Å².